The van der Waals surface area contributed by atoms with Crippen molar-refractivity contribution in [2.75, 3.05) is 9.80 Å². The van der Waals surface area contributed by atoms with Crippen molar-refractivity contribution in [3.63, 3.8) is 0 Å². The van der Waals surface area contributed by atoms with Gasteiger partial charge >= 0.3 is 0 Å². The molecule has 0 bridgehead atoms. The summed E-state index contributed by atoms with van der Waals surface area (Å²) in [6.07, 6.45) is 16.3. The number of allylic oxidation sites excluding steroid dienone is 5. The summed E-state index contributed by atoms with van der Waals surface area (Å²) in [5.41, 5.74) is 21.4. The van der Waals surface area contributed by atoms with Crippen LogP contribution in [0, 0.1) is 24.7 Å². The molecule has 1 unspecified atom stereocenters. The molecule has 0 fully saturated rings. The van der Waals surface area contributed by atoms with Gasteiger partial charge in [-0.05, 0) is 146 Å². The molecule has 1 aliphatic carbocycles. The Balaban J connectivity index is 1.45. The van der Waals surface area contributed by atoms with Crippen molar-refractivity contribution in [3.05, 3.63) is 154 Å². The molecule has 342 valence electrons. The van der Waals surface area contributed by atoms with Crippen LogP contribution >= 0.6 is 11.3 Å². The van der Waals surface area contributed by atoms with Crippen molar-refractivity contribution in [2.45, 2.75) is 145 Å². The molecule has 0 saturated carbocycles. The maximum atomic E-state index is 6.26. The van der Waals surface area contributed by atoms with Gasteiger partial charge < -0.3 is 9.80 Å². The standard InChI is InChI=1S/C63H71BN2S/c1-18-21-34-63(20-3)49-25-23-22-24-46(49)47-38-48-56-58(67-57(48)40(5)54(47)63)64-50-35-43(61(12,13)14)30-33-51(50)66(45-31-28-42(29-32-45)60(9,10)11)53-37-44(62(15,16)17)36-52(55(53)64)65(56)39(4)26-27-41(19-2)59(6,7)8/h2,20,22-33,35-38H,3,18,21,34H2,1,4-17H3/b39-26+,41-27+. The zero-order valence-electron chi connectivity index (χ0n) is 43.1. The highest BCUT2D eigenvalue weighted by Crippen LogP contribution is 2.57. The molecular formula is C63H71BN2S. The van der Waals surface area contributed by atoms with E-state index in [0.717, 1.165) is 30.5 Å². The number of unbranched alkanes of at least 4 members (excludes halogenated alkanes) is 1. The summed E-state index contributed by atoms with van der Waals surface area (Å²) in [7, 11) is 0. The van der Waals surface area contributed by atoms with Crippen LogP contribution in [0.2, 0.25) is 0 Å². The van der Waals surface area contributed by atoms with Crippen molar-refractivity contribution >= 4 is 72.3 Å². The summed E-state index contributed by atoms with van der Waals surface area (Å²) in [6.45, 7) is 39.2. The number of benzene rings is 5. The molecule has 0 spiro atoms. The lowest BCUT2D eigenvalue weighted by Gasteiger charge is -2.44. The molecular weight excluding hydrogens is 828 g/mol. The van der Waals surface area contributed by atoms with E-state index in [0.29, 0.717) is 0 Å². The van der Waals surface area contributed by atoms with Crippen LogP contribution < -0.4 is 25.5 Å². The molecule has 2 nitrogen and oxygen atoms in total. The van der Waals surface area contributed by atoms with Crippen LogP contribution in [0.1, 0.15) is 150 Å². The number of fused-ring (bicyclic) bond motifs is 9. The SMILES string of the molecule is C#C/C(=C\C=C(/C)N1c2cc(C(C)(C)C)cc3c2B(c2cc(C(C)(C)C)ccc2N3c2ccc(C(C)(C)C)cc2)c2sc3c(C)c4c(cc3c21)-c1ccccc1C4(C=C)CCCC)C(C)(C)C. The van der Waals surface area contributed by atoms with Gasteiger partial charge in [-0.1, -0.05) is 163 Å². The number of terminal acetylenes is 1. The minimum absolute atomic E-state index is 0.00929. The van der Waals surface area contributed by atoms with Crippen LogP contribution in [-0.2, 0) is 21.7 Å². The number of nitrogens with zero attached hydrogens (tertiary/aromatic N) is 2. The van der Waals surface area contributed by atoms with Crippen molar-refractivity contribution in [1.82, 2.24) is 0 Å². The number of anilines is 5. The van der Waals surface area contributed by atoms with Gasteiger partial charge in [0, 0.05) is 54.3 Å². The number of hydrogen-bond donors (Lipinski definition) is 0. The zero-order valence-corrected chi connectivity index (χ0v) is 43.9. The van der Waals surface area contributed by atoms with Gasteiger partial charge in [0.15, 0.2) is 0 Å². The Morgan fingerprint density at radius 3 is 2.01 bits per heavy atom. The minimum atomic E-state index is -0.247. The van der Waals surface area contributed by atoms with Crippen molar-refractivity contribution in [2.24, 2.45) is 5.41 Å². The highest BCUT2D eigenvalue weighted by molar-refractivity contribution is 7.34. The monoisotopic (exact) mass is 899 g/mol. The second kappa shape index (κ2) is 16.1. The summed E-state index contributed by atoms with van der Waals surface area (Å²) in [4.78, 5) is 5.20. The lowest BCUT2D eigenvalue weighted by molar-refractivity contribution is 0.521. The molecule has 1 atom stereocenters. The maximum Gasteiger partial charge on any atom is 0.264 e. The van der Waals surface area contributed by atoms with Crippen LogP contribution in [0.25, 0.3) is 21.2 Å². The lowest BCUT2D eigenvalue weighted by Crippen LogP contribution is -2.61. The second-order valence-electron chi connectivity index (χ2n) is 23.8. The third kappa shape index (κ3) is 7.38. The van der Waals surface area contributed by atoms with Crippen LogP contribution in [0.3, 0.4) is 0 Å². The Morgan fingerprint density at radius 1 is 0.761 bits per heavy atom. The fourth-order valence-corrected chi connectivity index (χ4v) is 12.7. The number of rotatable bonds is 7. The topological polar surface area (TPSA) is 6.48 Å². The Labute approximate surface area is 408 Å². The smallest absolute Gasteiger partial charge is 0.264 e. The Hall–Kier alpha value is -5.50. The fraction of sp³-hybridized carbons (Fsp3) is 0.365. The Bertz CT molecular complexity index is 3100. The van der Waals surface area contributed by atoms with Crippen molar-refractivity contribution in [1.29, 1.82) is 0 Å². The third-order valence-electron chi connectivity index (χ3n) is 15.1. The van der Waals surface area contributed by atoms with E-state index in [9.17, 15) is 0 Å². The summed E-state index contributed by atoms with van der Waals surface area (Å²) in [6, 6.07) is 33.5. The van der Waals surface area contributed by atoms with Gasteiger partial charge in [-0.2, -0.15) is 0 Å². The summed E-state index contributed by atoms with van der Waals surface area (Å²) >= 11 is 2.02. The van der Waals surface area contributed by atoms with Crippen molar-refractivity contribution < 1.29 is 0 Å². The average molecular weight is 899 g/mol. The van der Waals surface area contributed by atoms with E-state index in [2.05, 4.69) is 229 Å². The van der Waals surface area contributed by atoms with Crippen molar-refractivity contribution in [3.8, 4) is 23.5 Å². The van der Waals surface area contributed by atoms with Gasteiger partial charge in [0.05, 0.1) is 5.69 Å². The molecule has 0 N–H and O–H groups in total. The first-order valence-corrected chi connectivity index (χ1v) is 25.5. The van der Waals surface area contributed by atoms with E-state index >= 15 is 0 Å². The van der Waals surface area contributed by atoms with Gasteiger partial charge in [0.1, 0.15) is 0 Å². The largest absolute Gasteiger partial charge is 0.314 e. The van der Waals surface area contributed by atoms with Gasteiger partial charge in [-0.25, -0.2) is 0 Å². The zero-order chi connectivity index (χ0) is 48.3. The molecule has 5 aromatic carbocycles. The predicted molar refractivity (Wildman–Crippen MR) is 297 cm³/mol. The van der Waals surface area contributed by atoms with Crippen LogP contribution in [0.15, 0.2) is 121 Å². The van der Waals surface area contributed by atoms with Crippen LogP contribution in [0.5, 0.6) is 0 Å². The summed E-state index contributed by atoms with van der Waals surface area (Å²) in [5, 5.41) is 1.31. The molecule has 6 aromatic rings. The fourth-order valence-electron chi connectivity index (χ4n) is 11.3. The van der Waals surface area contributed by atoms with Gasteiger partial charge in [0.2, 0.25) is 0 Å². The molecule has 2 aliphatic heterocycles. The normalized spacial score (nSPS) is 17.0. The van der Waals surface area contributed by atoms with Crippen LogP contribution in [0.4, 0.5) is 28.4 Å². The predicted octanol–water partition coefficient (Wildman–Crippen LogP) is 16.0. The third-order valence-corrected chi connectivity index (χ3v) is 16.5. The Morgan fingerprint density at radius 2 is 1.40 bits per heavy atom. The Kier molecular flexibility index (Phi) is 11.2. The van der Waals surface area contributed by atoms with E-state index in [1.807, 2.05) is 11.3 Å². The molecule has 0 radical (unpaired) electrons. The maximum absolute atomic E-state index is 6.26. The first-order valence-electron chi connectivity index (χ1n) is 24.7. The molecule has 4 heteroatoms. The first kappa shape index (κ1) is 46.6. The van der Waals surface area contributed by atoms with Gasteiger partial charge in [-0.15, -0.1) is 24.3 Å². The minimum Gasteiger partial charge on any atom is -0.314 e. The lowest BCUT2D eigenvalue weighted by atomic mass is 9.36. The highest BCUT2D eigenvalue weighted by atomic mass is 32.1. The molecule has 0 amide bonds. The van der Waals surface area contributed by atoms with E-state index < -0.39 is 0 Å². The highest BCUT2D eigenvalue weighted by Gasteiger charge is 2.48. The average Bonchev–Trinajstić information content (AvgIpc) is 3.78. The number of aryl methyl sites for hydroxylation is 1. The van der Waals surface area contributed by atoms with E-state index in [1.165, 1.54) is 98.7 Å². The second-order valence-corrected chi connectivity index (χ2v) is 24.9. The first-order chi connectivity index (χ1) is 31.5. The summed E-state index contributed by atoms with van der Waals surface area (Å²) in [5.74, 6) is 3.05. The quantitative estimate of drug-likeness (QED) is 0.0681. The number of thiophene rings is 1. The summed E-state index contributed by atoms with van der Waals surface area (Å²) < 4.78 is 2.76. The van der Waals surface area contributed by atoms with E-state index in [4.69, 9.17) is 6.42 Å². The van der Waals surface area contributed by atoms with Gasteiger partial charge in [0.25, 0.3) is 6.71 Å². The molecule has 3 heterocycles. The molecule has 67 heavy (non-hydrogen) atoms. The molecule has 0 saturated heterocycles. The molecule has 1 aromatic heterocycles. The molecule has 3 aliphatic rings. The van der Waals surface area contributed by atoms with E-state index in [1.54, 1.807) is 0 Å². The molecule has 9 rings (SSSR count). The number of hydrogen-bond acceptors (Lipinski definition) is 3. The van der Waals surface area contributed by atoms with Gasteiger partial charge in [-0.3, -0.25) is 0 Å². The van der Waals surface area contributed by atoms with Crippen LogP contribution in [-0.4, -0.2) is 6.71 Å². The van der Waals surface area contributed by atoms with E-state index in [-0.39, 0.29) is 33.8 Å².